The molecule has 0 radical (unpaired) electrons. The van der Waals surface area contributed by atoms with Gasteiger partial charge in [0.05, 0.1) is 17.3 Å². The van der Waals surface area contributed by atoms with Crippen LogP contribution in [0.5, 0.6) is 0 Å². The van der Waals surface area contributed by atoms with Crippen LogP contribution in [-0.2, 0) is 16.3 Å². The number of anilines is 1. The molecule has 112 valence electrons. The van der Waals surface area contributed by atoms with Crippen LogP contribution in [0.4, 0.5) is 10.1 Å². The van der Waals surface area contributed by atoms with Crippen molar-refractivity contribution in [1.29, 1.82) is 0 Å². The van der Waals surface area contributed by atoms with Gasteiger partial charge in [-0.2, -0.15) is 0 Å². The van der Waals surface area contributed by atoms with Gasteiger partial charge >= 0.3 is 5.97 Å². The Balaban J connectivity index is 2.08. The van der Waals surface area contributed by atoms with Crippen molar-refractivity contribution < 1.29 is 13.9 Å². The van der Waals surface area contributed by atoms with Crippen molar-refractivity contribution in [2.45, 2.75) is 27.5 Å². The average Bonchev–Trinajstić information content (AvgIpc) is 2.87. The first-order valence-electron chi connectivity index (χ1n) is 6.40. The molecule has 2 aromatic rings. The number of benzene rings is 1. The first-order chi connectivity index (χ1) is 9.77. The van der Waals surface area contributed by atoms with E-state index in [1.54, 1.807) is 33.0 Å². The van der Waals surface area contributed by atoms with Gasteiger partial charge in [-0.1, -0.05) is 11.3 Å². The minimum absolute atomic E-state index is 0.0411. The number of nitrogens with zero attached hydrogens (tertiary/aromatic N) is 3. The first kappa shape index (κ1) is 15.0. The number of nitrogen functional groups attached to an aromatic ring is 1. The molecule has 0 saturated heterocycles. The molecule has 0 aliphatic rings. The Morgan fingerprint density at radius 3 is 2.76 bits per heavy atom. The fourth-order valence-electron chi connectivity index (χ4n) is 1.52. The molecule has 1 heterocycles. The predicted molar refractivity (Wildman–Crippen MR) is 75.4 cm³/mol. The fraction of sp³-hybridized carbons (Fsp3) is 0.357. The predicted octanol–water partition coefficient (Wildman–Crippen LogP) is 2.21. The Kier molecular flexibility index (Phi) is 3.93. The zero-order valence-electron chi connectivity index (χ0n) is 12.1. The molecule has 0 aliphatic carbocycles. The molecule has 7 heteroatoms. The third-order valence-electron chi connectivity index (χ3n) is 2.78. The van der Waals surface area contributed by atoms with Gasteiger partial charge in [-0.05, 0) is 32.9 Å². The van der Waals surface area contributed by atoms with E-state index in [0.29, 0.717) is 11.3 Å². The lowest BCUT2D eigenvalue weighted by Crippen LogP contribution is -2.24. The van der Waals surface area contributed by atoms with Crippen LogP contribution in [0, 0.1) is 11.2 Å². The minimum atomic E-state index is -0.580. The average molecular weight is 292 g/mol. The van der Waals surface area contributed by atoms with Crippen molar-refractivity contribution in [3.63, 3.8) is 0 Å². The van der Waals surface area contributed by atoms with Gasteiger partial charge in [0, 0.05) is 5.56 Å². The lowest BCUT2D eigenvalue weighted by atomic mass is 9.98. The summed E-state index contributed by atoms with van der Waals surface area (Å²) in [6.07, 6.45) is 1.57. The Labute approximate surface area is 121 Å². The SMILES string of the molecule is CC(C)(C)C(=O)OCn1cc(-c2ccc(N)c(F)c2)nn1. The van der Waals surface area contributed by atoms with E-state index in [0.717, 1.165) is 0 Å². The van der Waals surface area contributed by atoms with Gasteiger partial charge in [-0.15, -0.1) is 5.10 Å². The molecule has 1 aromatic carbocycles. The molecule has 0 aliphatic heterocycles. The maximum atomic E-state index is 13.4. The number of halogens is 1. The Bertz CT molecular complexity index is 661. The number of carbonyl (C=O) groups excluding carboxylic acids is 1. The second kappa shape index (κ2) is 5.51. The number of esters is 1. The van der Waals surface area contributed by atoms with Crippen molar-refractivity contribution in [3.05, 3.63) is 30.2 Å². The number of nitrogens with two attached hydrogens (primary N) is 1. The van der Waals surface area contributed by atoms with Gasteiger partial charge in [0.1, 0.15) is 11.5 Å². The van der Waals surface area contributed by atoms with E-state index in [4.69, 9.17) is 10.5 Å². The summed E-state index contributed by atoms with van der Waals surface area (Å²) in [5, 5.41) is 7.75. The third kappa shape index (κ3) is 3.56. The van der Waals surface area contributed by atoms with E-state index in [1.165, 1.54) is 16.8 Å². The van der Waals surface area contributed by atoms with Crippen molar-refractivity contribution >= 4 is 11.7 Å². The lowest BCUT2D eigenvalue weighted by molar-refractivity contribution is -0.157. The van der Waals surface area contributed by atoms with E-state index in [1.807, 2.05) is 0 Å². The second-order valence-electron chi connectivity index (χ2n) is 5.69. The van der Waals surface area contributed by atoms with Gasteiger partial charge in [-0.25, -0.2) is 9.07 Å². The van der Waals surface area contributed by atoms with Crippen LogP contribution in [-0.4, -0.2) is 21.0 Å². The third-order valence-corrected chi connectivity index (χ3v) is 2.78. The lowest BCUT2D eigenvalue weighted by Gasteiger charge is -2.15. The topological polar surface area (TPSA) is 83.0 Å². The van der Waals surface area contributed by atoms with Crippen LogP contribution in [0.3, 0.4) is 0 Å². The smallest absolute Gasteiger partial charge is 0.313 e. The Morgan fingerprint density at radius 2 is 2.14 bits per heavy atom. The Hall–Kier alpha value is -2.44. The van der Waals surface area contributed by atoms with E-state index in [2.05, 4.69) is 10.3 Å². The molecule has 21 heavy (non-hydrogen) atoms. The number of ether oxygens (including phenoxy) is 1. The van der Waals surface area contributed by atoms with Gasteiger partial charge in [0.2, 0.25) is 0 Å². The molecule has 0 unspecified atom stereocenters. The second-order valence-corrected chi connectivity index (χ2v) is 5.69. The number of hydrogen-bond acceptors (Lipinski definition) is 5. The Morgan fingerprint density at radius 1 is 1.43 bits per heavy atom. The van der Waals surface area contributed by atoms with Gasteiger partial charge in [-0.3, -0.25) is 4.79 Å². The molecule has 0 amide bonds. The van der Waals surface area contributed by atoms with Gasteiger partial charge in [0.25, 0.3) is 0 Å². The molecular formula is C14H17FN4O2. The van der Waals surface area contributed by atoms with Crippen LogP contribution in [0.15, 0.2) is 24.4 Å². The summed E-state index contributed by atoms with van der Waals surface area (Å²) >= 11 is 0. The summed E-state index contributed by atoms with van der Waals surface area (Å²) in [5.74, 6) is -0.848. The molecule has 0 bridgehead atoms. The zero-order valence-corrected chi connectivity index (χ0v) is 12.1. The molecule has 0 fully saturated rings. The first-order valence-corrected chi connectivity index (χ1v) is 6.40. The molecule has 2 rings (SSSR count). The highest BCUT2D eigenvalue weighted by Gasteiger charge is 2.23. The zero-order chi connectivity index (χ0) is 15.6. The van der Waals surface area contributed by atoms with E-state index in [9.17, 15) is 9.18 Å². The summed E-state index contributed by atoms with van der Waals surface area (Å²) in [7, 11) is 0. The monoisotopic (exact) mass is 292 g/mol. The van der Waals surface area contributed by atoms with Gasteiger partial charge < -0.3 is 10.5 Å². The van der Waals surface area contributed by atoms with Gasteiger partial charge in [0.15, 0.2) is 6.73 Å². The molecular weight excluding hydrogens is 275 g/mol. The fourth-order valence-corrected chi connectivity index (χ4v) is 1.52. The highest BCUT2D eigenvalue weighted by molar-refractivity contribution is 5.75. The number of hydrogen-bond donors (Lipinski definition) is 1. The van der Waals surface area contributed by atoms with E-state index < -0.39 is 11.2 Å². The van der Waals surface area contributed by atoms with Crippen LogP contribution in [0.1, 0.15) is 20.8 Å². The number of carbonyl (C=O) groups is 1. The summed E-state index contributed by atoms with van der Waals surface area (Å²) in [4.78, 5) is 11.6. The normalized spacial score (nSPS) is 11.4. The van der Waals surface area contributed by atoms with E-state index in [-0.39, 0.29) is 18.4 Å². The van der Waals surface area contributed by atoms with Crippen molar-refractivity contribution in [2.75, 3.05) is 5.73 Å². The van der Waals surface area contributed by atoms with Crippen LogP contribution >= 0.6 is 0 Å². The number of aromatic nitrogens is 3. The molecule has 2 N–H and O–H groups in total. The molecule has 0 atom stereocenters. The molecule has 6 nitrogen and oxygen atoms in total. The molecule has 1 aromatic heterocycles. The van der Waals surface area contributed by atoms with E-state index >= 15 is 0 Å². The molecule has 0 saturated carbocycles. The molecule has 0 spiro atoms. The summed E-state index contributed by atoms with van der Waals surface area (Å²) < 4.78 is 19.9. The summed E-state index contributed by atoms with van der Waals surface area (Å²) in [5.41, 5.74) is 5.94. The highest BCUT2D eigenvalue weighted by Crippen LogP contribution is 2.21. The maximum absolute atomic E-state index is 13.4. The number of rotatable bonds is 3. The van der Waals surface area contributed by atoms with Crippen LogP contribution in [0.2, 0.25) is 0 Å². The van der Waals surface area contributed by atoms with Crippen molar-refractivity contribution in [3.8, 4) is 11.3 Å². The summed E-state index contributed by atoms with van der Waals surface area (Å²) in [6, 6.07) is 4.39. The minimum Gasteiger partial charge on any atom is -0.442 e. The standard InChI is InChI=1S/C14H17FN4O2/c1-14(2,3)13(20)21-8-19-7-12(17-18-19)9-4-5-11(16)10(15)6-9/h4-7H,8,16H2,1-3H3. The highest BCUT2D eigenvalue weighted by atomic mass is 19.1. The maximum Gasteiger partial charge on any atom is 0.313 e. The summed E-state index contributed by atoms with van der Waals surface area (Å²) in [6.45, 7) is 5.25. The largest absolute Gasteiger partial charge is 0.442 e. The van der Waals surface area contributed by atoms with Crippen LogP contribution in [0.25, 0.3) is 11.3 Å². The van der Waals surface area contributed by atoms with Crippen LogP contribution < -0.4 is 5.73 Å². The quantitative estimate of drug-likeness (QED) is 0.692. The van der Waals surface area contributed by atoms with Crippen molar-refractivity contribution in [2.24, 2.45) is 5.41 Å². The van der Waals surface area contributed by atoms with Crippen molar-refractivity contribution in [1.82, 2.24) is 15.0 Å².